The summed E-state index contributed by atoms with van der Waals surface area (Å²) < 4.78 is 11.3. The van der Waals surface area contributed by atoms with Crippen LogP contribution in [0.3, 0.4) is 0 Å². The van der Waals surface area contributed by atoms with Crippen LogP contribution in [0.1, 0.15) is 19.3 Å². The zero-order valence-corrected chi connectivity index (χ0v) is 8.12. The van der Waals surface area contributed by atoms with Crippen LogP contribution in [-0.2, 0) is 14.3 Å². The van der Waals surface area contributed by atoms with Crippen molar-refractivity contribution in [1.29, 1.82) is 0 Å². The summed E-state index contributed by atoms with van der Waals surface area (Å²) in [7, 11) is 0. The van der Waals surface area contributed by atoms with Gasteiger partial charge in [-0.15, -0.1) is 0 Å². The molecule has 4 nitrogen and oxygen atoms in total. The SMILES string of the molecule is O=C1C[C@H]2CC3(C[C@H]2CN1)OCCO3. The molecule has 2 aliphatic heterocycles. The van der Waals surface area contributed by atoms with E-state index in [0.29, 0.717) is 31.5 Å². The van der Waals surface area contributed by atoms with Crippen LogP contribution in [0.25, 0.3) is 0 Å². The quantitative estimate of drug-likeness (QED) is 0.606. The molecule has 1 aliphatic carbocycles. The van der Waals surface area contributed by atoms with Crippen LogP contribution in [0, 0.1) is 11.8 Å². The van der Waals surface area contributed by atoms with Crippen LogP contribution >= 0.6 is 0 Å². The van der Waals surface area contributed by atoms with Crippen molar-refractivity contribution < 1.29 is 14.3 Å². The van der Waals surface area contributed by atoms with Gasteiger partial charge >= 0.3 is 0 Å². The monoisotopic (exact) mass is 197 g/mol. The van der Waals surface area contributed by atoms with E-state index in [1.165, 1.54) is 0 Å². The maximum Gasteiger partial charge on any atom is 0.220 e. The van der Waals surface area contributed by atoms with Crippen molar-refractivity contribution >= 4 is 5.91 Å². The number of carbonyl (C=O) groups is 1. The topological polar surface area (TPSA) is 47.6 Å². The molecular weight excluding hydrogens is 182 g/mol. The molecule has 1 amide bonds. The highest BCUT2D eigenvalue weighted by molar-refractivity contribution is 5.77. The van der Waals surface area contributed by atoms with E-state index in [1.54, 1.807) is 0 Å². The number of hydrogen-bond acceptors (Lipinski definition) is 3. The fraction of sp³-hybridized carbons (Fsp3) is 0.900. The van der Waals surface area contributed by atoms with Crippen LogP contribution in [0.4, 0.5) is 0 Å². The molecule has 0 aromatic rings. The second kappa shape index (κ2) is 2.94. The lowest BCUT2D eigenvalue weighted by Crippen LogP contribution is -2.38. The Kier molecular flexibility index (Phi) is 1.82. The molecule has 0 bridgehead atoms. The Bertz CT molecular complexity index is 260. The fourth-order valence-electron chi connectivity index (χ4n) is 2.98. The first kappa shape index (κ1) is 8.68. The summed E-state index contributed by atoms with van der Waals surface area (Å²) in [6.07, 6.45) is 2.52. The molecular formula is C10H15NO3. The van der Waals surface area contributed by atoms with Gasteiger partial charge < -0.3 is 14.8 Å². The van der Waals surface area contributed by atoms with E-state index in [2.05, 4.69) is 5.32 Å². The number of amides is 1. The molecule has 4 heteroatoms. The predicted octanol–water partition coefficient (Wildman–Crippen LogP) is 0.276. The van der Waals surface area contributed by atoms with Gasteiger partial charge in [-0.3, -0.25) is 4.79 Å². The fourth-order valence-corrected chi connectivity index (χ4v) is 2.98. The van der Waals surface area contributed by atoms with Crippen LogP contribution in [0.2, 0.25) is 0 Å². The Labute approximate surface area is 82.9 Å². The average Bonchev–Trinajstić information content (AvgIpc) is 2.72. The van der Waals surface area contributed by atoms with Gasteiger partial charge in [-0.2, -0.15) is 0 Å². The van der Waals surface area contributed by atoms with E-state index in [9.17, 15) is 4.79 Å². The van der Waals surface area contributed by atoms with Crippen molar-refractivity contribution in [3.63, 3.8) is 0 Å². The Hall–Kier alpha value is -0.610. The Morgan fingerprint density at radius 2 is 1.93 bits per heavy atom. The third-order valence-electron chi connectivity index (χ3n) is 3.64. The van der Waals surface area contributed by atoms with Crippen molar-refractivity contribution in [3.05, 3.63) is 0 Å². The number of piperidine rings is 1. The zero-order valence-electron chi connectivity index (χ0n) is 8.12. The van der Waals surface area contributed by atoms with Crippen LogP contribution < -0.4 is 5.32 Å². The van der Waals surface area contributed by atoms with E-state index in [-0.39, 0.29) is 11.7 Å². The van der Waals surface area contributed by atoms with E-state index < -0.39 is 0 Å². The van der Waals surface area contributed by atoms with Gasteiger partial charge in [0.25, 0.3) is 0 Å². The number of carbonyl (C=O) groups excluding carboxylic acids is 1. The number of fused-ring (bicyclic) bond motifs is 1. The molecule has 0 radical (unpaired) electrons. The predicted molar refractivity (Wildman–Crippen MR) is 48.5 cm³/mol. The normalized spacial score (nSPS) is 39.9. The molecule has 0 aromatic heterocycles. The lowest BCUT2D eigenvalue weighted by Gasteiger charge is -2.24. The van der Waals surface area contributed by atoms with Gasteiger partial charge in [-0.05, 0) is 11.8 Å². The van der Waals surface area contributed by atoms with Crippen molar-refractivity contribution in [2.24, 2.45) is 11.8 Å². The largest absolute Gasteiger partial charge is 0.356 e. The molecule has 1 spiro atoms. The molecule has 3 aliphatic rings. The molecule has 14 heavy (non-hydrogen) atoms. The minimum atomic E-state index is -0.332. The molecule has 0 aromatic carbocycles. The van der Waals surface area contributed by atoms with Crippen molar-refractivity contribution in [2.45, 2.75) is 25.0 Å². The number of rotatable bonds is 0. The van der Waals surface area contributed by atoms with Crippen molar-refractivity contribution in [2.75, 3.05) is 19.8 Å². The highest BCUT2D eigenvalue weighted by atomic mass is 16.7. The minimum Gasteiger partial charge on any atom is -0.356 e. The first-order valence-electron chi connectivity index (χ1n) is 5.32. The molecule has 78 valence electrons. The van der Waals surface area contributed by atoms with Gasteiger partial charge in [-0.25, -0.2) is 0 Å². The molecule has 1 saturated carbocycles. The number of nitrogens with one attached hydrogen (secondary N) is 1. The van der Waals surface area contributed by atoms with Gasteiger partial charge in [0, 0.05) is 25.8 Å². The number of hydrogen-bond donors (Lipinski definition) is 1. The van der Waals surface area contributed by atoms with Gasteiger partial charge in [0.05, 0.1) is 13.2 Å². The summed E-state index contributed by atoms with van der Waals surface area (Å²) >= 11 is 0. The maximum atomic E-state index is 11.2. The lowest BCUT2D eigenvalue weighted by atomic mass is 9.89. The molecule has 3 fully saturated rings. The summed E-state index contributed by atoms with van der Waals surface area (Å²) in [6.45, 7) is 2.22. The maximum absolute atomic E-state index is 11.2. The molecule has 2 heterocycles. The van der Waals surface area contributed by atoms with Gasteiger partial charge in [0.2, 0.25) is 5.91 Å². The Balaban J connectivity index is 1.75. The summed E-state index contributed by atoms with van der Waals surface area (Å²) in [5.74, 6) is 0.885. The van der Waals surface area contributed by atoms with E-state index in [1.807, 2.05) is 0 Å². The van der Waals surface area contributed by atoms with Crippen LogP contribution in [0.5, 0.6) is 0 Å². The standard InChI is InChI=1S/C10H15NO3/c12-9-3-7-4-10(13-1-2-14-10)5-8(7)6-11-9/h7-8H,1-6H2,(H,11,12)/t7-,8-/m0/s1. The highest BCUT2D eigenvalue weighted by Gasteiger charge is 2.50. The molecule has 3 rings (SSSR count). The lowest BCUT2D eigenvalue weighted by molar-refractivity contribution is -0.154. The van der Waals surface area contributed by atoms with Gasteiger partial charge in [0.15, 0.2) is 5.79 Å². The van der Waals surface area contributed by atoms with E-state index in [0.717, 1.165) is 19.4 Å². The summed E-state index contributed by atoms with van der Waals surface area (Å²) in [5.41, 5.74) is 0. The van der Waals surface area contributed by atoms with Crippen molar-refractivity contribution in [3.8, 4) is 0 Å². The Morgan fingerprint density at radius 3 is 2.71 bits per heavy atom. The third-order valence-corrected chi connectivity index (χ3v) is 3.64. The molecule has 2 saturated heterocycles. The van der Waals surface area contributed by atoms with E-state index >= 15 is 0 Å². The molecule has 2 atom stereocenters. The Morgan fingerprint density at radius 1 is 1.21 bits per heavy atom. The molecule has 0 unspecified atom stereocenters. The average molecular weight is 197 g/mol. The van der Waals surface area contributed by atoms with E-state index in [4.69, 9.17) is 9.47 Å². The van der Waals surface area contributed by atoms with Crippen molar-refractivity contribution in [1.82, 2.24) is 5.32 Å². The summed E-state index contributed by atoms with van der Waals surface area (Å²) in [5, 5.41) is 2.91. The van der Waals surface area contributed by atoms with Crippen LogP contribution in [0.15, 0.2) is 0 Å². The first-order chi connectivity index (χ1) is 6.77. The highest BCUT2D eigenvalue weighted by Crippen LogP contribution is 2.46. The second-order valence-corrected chi connectivity index (χ2v) is 4.54. The smallest absolute Gasteiger partial charge is 0.220 e. The summed E-state index contributed by atoms with van der Waals surface area (Å²) in [6, 6.07) is 0. The minimum absolute atomic E-state index is 0.182. The summed E-state index contributed by atoms with van der Waals surface area (Å²) in [4.78, 5) is 11.2. The zero-order chi connectivity index (χ0) is 9.60. The first-order valence-corrected chi connectivity index (χ1v) is 5.32. The third kappa shape index (κ3) is 1.25. The number of ether oxygens (including phenoxy) is 2. The van der Waals surface area contributed by atoms with Crippen LogP contribution in [-0.4, -0.2) is 31.5 Å². The van der Waals surface area contributed by atoms with Gasteiger partial charge in [0.1, 0.15) is 0 Å². The second-order valence-electron chi connectivity index (χ2n) is 4.54. The van der Waals surface area contributed by atoms with Gasteiger partial charge in [-0.1, -0.05) is 0 Å². The molecule has 1 N–H and O–H groups in total.